The first-order valence-electron chi connectivity index (χ1n) is 7.09. The van der Waals surface area contributed by atoms with Crippen molar-refractivity contribution in [1.29, 1.82) is 0 Å². The van der Waals surface area contributed by atoms with E-state index in [-0.39, 0.29) is 0 Å². The van der Waals surface area contributed by atoms with Gasteiger partial charge in [-0.15, -0.1) is 0 Å². The van der Waals surface area contributed by atoms with Gasteiger partial charge in [0.05, 0.1) is 6.61 Å². The Bertz CT molecular complexity index is 572. The van der Waals surface area contributed by atoms with Crippen molar-refractivity contribution in [3.8, 4) is 11.5 Å². The van der Waals surface area contributed by atoms with E-state index in [1.54, 1.807) is 6.33 Å². The summed E-state index contributed by atoms with van der Waals surface area (Å²) in [4.78, 5) is 4.21. The van der Waals surface area contributed by atoms with Gasteiger partial charge >= 0.3 is 0 Å². The Morgan fingerprint density at radius 1 is 1.24 bits per heavy atom. The topological polar surface area (TPSA) is 49.2 Å². The zero-order chi connectivity index (χ0) is 15.1. The molecule has 0 aliphatic heterocycles. The number of benzene rings is 1. The van der Waals surface area contributed by atoms with E-state index in [9.17, 15) is 0 Å². The van der Waals surface area contributed by atoms with Gasteiger partial charge < -0.3 is 9.47 Å². The van der Waals surface area contributed by atoms with Gasteiger partial charge in [-0.05, 0) is 19.4 Å². The summed E-state index contributed by atoms with van der Waals surface area (Å²) >= 11 is 3.48. The molecule has 21 heavy (non-hydrogen) atoms. The summed E-state index contributed by atoms with van der Waals surface area (Å²) < 4.78 is 13.4. The third-order valence-corrected chi connectivity index (χ3v) is 3.61. The van der Waals surface area contributed by atoms with Crippen LogP contribution in [0, 0.1) is 0 Å². The van der Waals surface area contributed by atoms with Crippen LogP contribution in [0.3, 0.4) is 0 Å². The fourth-order valence-corrected chi connectivity index (χ4v) is 2.36. The Kier molecular flexibility index (Phi) is 6.04. The van der Waals surface area contributed by atoms with Gasteiger partial charge in [-0.25, -0.2) is 9.67 Å². The molecule has 0 radical (unpaired) electrons. The Hall–Kier alpha value is -1.56. The van der Waals surface area contributed by atoms with Crippen molar-refractivity contribution in [3.63, 3.8) is 0 Å². The average molecular weight is 354 g/mol. The van der Waals surface area contributed by atoms with E-state index < -0.39 is 0 Å². The zero-order valence-electron chi connectivity index (χ0n) is 12.4. The van der Waals surface area contributed by atoms with Crippen LogP contribution in [0.25, 0.3) is 0 Å². The predicted molar refractivity (Wildman–Crippen MR) is 84.9 cm³/mol. The van der Waals surface area contributed by atoms with Gasteiger partial charge in [0.1, 0.15) is 24.4 Å². The quantitative estimate of drug-likeness (QED) is 0.680. The maximum Gasteiger partial charge on any atom is 0.164 e. The lowest BCUT2D eigenvalue weighted by molar-refractivity contribution is 0.279. The van der Waals surface area contributed by atoms with E-state index in [0.717, 1.165) is 41.2 Å². The number of halogens is 1. The lowest BCUT2D eigenvalue weighted by Gasteiger charge is -2.12. The van der Waals surface area contributed by atoms with E-state index in [1.807, 2.05) is 29.8 Å². The minimum atomic E-state index is 0.394. The molecule has 0 bridgehead atoms. The van der Waals surface area contributed by atoms with Gasteiger partial charge in [-0.1, -0.05) is 28.9 Å². The molecule has 2 rings (SSSR count). The number of aromatic nitrogens is 3. The van der Waals surface area contributed by atoms with Gasteiger partial charge in [0.2, 0.25) is 0 Å². The first kappa shape index (κ1) is 15.8. The van der Waals surface area contributed by atoms with Crippen LogP contribution in [0.15, 0.2) is 24.5 Å². The number of aryl methyl sites for hydroxylation is 1. The van der Waals surface area contributed by atoms with E-state index in [1.165, 1.54) is 0 Å². The van der Waals surface area contributed by atoms with Crippen LogP contribution in [-0.4, -0.2) is 21.4 Å². The lowest BCUT2D eigenvalue weighted by atomic mass is 10.2. The highest BCUT2D eigenvalue weighted by molar-refractivity contribution is 9.08. The van der Waals surface area contributed by atoms with Gasteiger partial charge in [-0.3, -0.25) is 0 Å². The molecule has 1 aromatic carbocycles. The molecule has 0 spiro atoms. The summed E-state index contributed by atoms with van der Waals surface area (Å²) in [5.74, 6) is 2.46. The zero-order valence-corrected chi connectivity index (χ0v) is 14.0. The van der Waals surface area contributed by atoms with Crippen LogP contribution in [0.4, 0.5) is 0 Å². The van der Waals surface area contributed by atoms with Crippen LogP contribution < -0.4 is 9.47 Å². The maximum absolute atomic E-state index is 5.90. The molecule has 0 N–H and O–H groups in total. The van der Waals surface area contributed by atoms with Crippen molar-refractivity contribution in [3.05, 3.63) is 35.9 Å². The fourth-order valence-electron chi connectivity index (χ4n) is 1.90. The number of alkyl halides is 1. The summed E-state index contributed by atoms with van der Waals surface area (Å²) in [6.07, 6.45) is 2.53. The molecule has 0 unspecified atom stereocenters. The van der Waals surface area contributed by atoms with E-state index in [0.29, 0.717) is 13.2 Å². The summed E-state index contributed by atoms with van der Waals surface area (Å²) in [7, 11) is 0. The van der Waals surface area contributed by atoms with E-state index >= 15 is 0 Å². The predicted octanol–water partition coefficient (Wildman–Crippen LogP) is 3.56. The summed E-state index contributed by atoms with van der Waals surface area (Å²) in [6, 6.07) is 5.91. The van der Waals surface area contributed by atoms with Crippen LogP contribution in [0.2, 0.25) is 0 Å². The Morgan fingerprint density at radius 2 is 2.10 bits per heavy atom. The van der Waals surface area contributed by atoms with Gasteiger partial charge in [-0.2, -0.15) is 5.10 Å². The van der Waals surface area contributed by atoms with Crippen molar-refractivity contribution in [2.45, 2.75) is 38.8 Å². The van der Waals surface area contributed by atoms with Crippen molar-refractivity contribution in [2.24, 2.45) is 0 Å². The van der Waals surface area contributed by atoms with Gasteiger partial charge in [0, 0.05) is 23.5 Å². The molecule has 6 heteroatoms. The molecular weight excluding hydrogens is 334 g/mol. The Labute approximate surface area is 133 Å². The second kappa shape index (κ2) is 8.02. The molecule has 1 aromatic heterocycles. The molecule has 0 aliphatic carbocycles. The second-order valence-corrected chi connectivity index (χ2v) is 5.09. The number of rotatable bonds is 8. The Morgan fingerprint density at radius 3 is 2.81 bits per heavy atom. The SMILES string of the molecule is CCCOc1ccc(CBr)c(OCc2ncnn2CC)c1. The minimum absolute atomic E-state index is 0.394. The first-order chi connectivity index (χ1) is 10.3. The molecule has 0 amide bonds. The lowest BCUT2D eigenvalue weighted by Crippen LogP contribution is -2.08. The highest BCUT2D eigenvalue weighted by Crippen LogP contribution is 2.27. The van der Waals surface area contributed by atoms with Crippen molar-refractivity contribution >= 4 is 15.9 Å². The summed E-state index contributed by atoms with van der Waals surface area (Å²) in [5, 5.41) is 4.87. The smallest absolute Gasteiger partial charge is 0.164 e. The number of nitrogens with zero attached hydrogens (tertiary/aromatic N) is 3. The standard InChI is InChI=1S/C15H20BrN3O2/c1-3-7-20-13-6-5-12(9-16)14(8-13)21-10-15-17-11-18-19(15)4-2/h5-6,8,11H,3-4,7,9-10H2,1-2H3. The third kappa shape index (κ3) is 4.20. The van der Waals surface area contributed by atoms with Crippen molar-refractivity contribution in [2.75, 3.05) is 6.61 Å². The van der Waals surface area contributed by atoms with Crippen LogP contribution in [-0.2, 0) is 18.5 Å². The van der Waals surface area contributed by atoms with E-state index in [4.69, 9.17) is 9.47 Å². The minimum Gasteiger partial charge on any atom is -0.493 e. The van der Waals surface area contributed by atoms with Gasteiger partial charge in [0.15, 0.2) is 5.82 Å². The van der Waals surface area contributed by atoms with Crippen molar-refractivity contribution < 1.29 is 9.47 Å². The molecule has 5 nitrogen and oxygen atoms in total. The third-order valence-electron chi connectivity index (χ3n) is 3.01. The number of hydrogen-bond acceptors (Lipinski definition) is 4. The molecule has 0 saturated carbocycles. The average Bonchev–Trinajstić information content (AvgIpc) is 2.98. The molecule has 2 aromatic rings. The maximum atomic E-state index is 5.90. The molecule has 0 atom stereocenters. The molecular formula is C15H20BrN3O2. The van der Waals surface area contributed by atoms with Crippen molar-refractivity contribution in [1.82, 2.24) is 14.8 Å². The second-order valence-electron chi connectivity index (χ2n) is 4.53. The van der Waals surface area contributed by atoms with E-state index in [2.05, 4.69) is 32.9 Å². The molecule has 1 heterocycles. The monoisotopic (exact) mass is 353 g/mol. The Balaban J connectivity index is 2.09. The van der Waals surface area contributed by atoms with Gasteiger partial charge in [0.25, 0.3) is 0 Å². The molecule has 0 fully saturated rings. The summed E-state index contributed by atoms with van der Waals surface area (Å²) in [5.41, 5.74) is 1.08. The fraction of sp³-hybridized carbons (Fsp3) is 0.467. The molecule has 0 aliphatic rings. The molecule has 114 valence electrons. The first-order valence-corrected chi connectivity index (χ1v) is 8.21. The highest BCUT2D eigenvalue weighted by atomic mass is 79.9. The number of hydrogen-bond donors (Lipinski definition) is 0. The van der Waals surface area contributed by atoms with Crippen LogP contribution in [0.5, 0.6) is 11.5 Å². The molecule has 0 saturated heterocycles. The largest absolute Gasteiger partial charge is 0.493 e. The normalized spacial score (nSPS) is 10.6. The van der Waals surface area contributed by atoms with Crippen LogP contribution in [0.1, 0.15) is 31.7 Å². The number of ether oxygens (including phenoxy) is 2. The highest BCUT2D eigenvalue weighted by Gasteiger charge is 2.08. The van der Waals surface area contributed by atoms with Crippen LogP contribution >= 0.6 is 15.9 Å². The summed E-state index contributed by atoms with van der Waals surface area (Å²) in [6.45, 7) is 6.00.